The van der Waals surface area contributed by atoms with E-state index in [1.54, 1.807) is 0 Å². The van der Waals surface area contributed by atoms with Gasteiger partial charge in [-0.1, -0.05) is 0 Å². The van der Waals surface area contributed by atoms with Crippen molar-refractivity contribution in [1.29, 1.82) is 0 Å². The number of hydrogen-bond acceptors (Lipinski definition) is 4. The summed E-state index contributed by atoms with van der Waals surface area (Å²) >= 11 is 0. The molecule has 0 spiro atoms. The van der Waals surface area contributed by atoms with E-state index in [0.717, 1.165) is 6.26 Å². The van der Waals surface area contributed by atoms with E-state index < -0.39 is 21.2 Å². The lowest BCUT2D eigenvalue weighted by Gasteiger charge is -2.13. The Kier molecular flexibility index (Phi) is 4.22. The van der Waals surface area contributed by atoms with Crippen LogP contribution >= 0.6 is 0 Å². The Morgan fingerprint density at radius 1 is 1.24 bits per heavy atom. The molecule has 0 aliphatic heterocycles. The van der Waals surface area contributed by atoms with Crippen LogP contribution in [0.1, 0.15) is 5.56 Å². The minimum absolute atomic E-state index is 0.0791. The average molecular weight is 311 g/mol. The summed E-state index contributed by atoms with van der Waals surface area (Å²) in [6.07, 6.45) is 1.44. The van der Waals surface area contributed by atoms with Crippen molar-refractivity contribution in [1.82, 2.24) is 4.57 Å². The molecule has 0 amide bonds. The maximum Gasteiger partial charge on any atom is 0.251 e. The van der Waals surface area contributed by atoms with E-state index in [1.165, 1.54) is 28.8 Å². The van der Waals surface area contributed by atoms with E-state index >= 15 is 0 Å². The van der Waals surface area contributed by atoms with Crippen LogP contribution in [-0.4, -0.2) is 31.3 Å². The maximum absolute atomic E-state index is 13.9. The van der Waals surface area contributed by atoms with E-state index in [2.05, 4.69) is 0 Å². The van der Waals surface area contributed by atoms with Crippen molar-refractivity contribution < 1.29 is 17.6 Å². The SMILES string of the molecule is CS(=O)(=O)CCn1c(=O)ccc2ccc(F)c(CC=O)c21. The third-order valence-electron chi connectivity index (χ3n) is 3.17. The monoisotopic (exact) mass is 311 g/mol. The Bertz CT molecular complexity index is 855. The molecule has 0 aliphatic rings. The summed E-state index contributed by atoms with van der Waals surface area (Å²) in [6, 6.07) is 5.55. The molecule has 2 aromatic rings. The van der Waals surface area contributed by atoms with Gasteiger partial charge in [0.15, 0.2) is 0 Å². The number of nitrogens with zero attached hydrogens (tertiary/aromatic N) is 1. The Labute approximate surface area is 120 Å². The third-order valence-corrected chi connectivity index (χ3v) is 4.10. The highest BCUT2D eigenvalue weighted by Gasteiger charge is 2.13. The number of aromatic nitrogens is 1. The zero-order chi connectivity index (χ0) is 15.6. The second-order valence-corrected chi connectivity index (χ2v) is 7.05. The maximum atomic E-state index is 13.9. The molecule has 0 saturated heterocycles. The summed E-state index contributed by atoms with van der Waals surface area (Å²) in [5, 5.41) is 0.585. The molecule has 2 rings (SSSR count). The van der Waals surface area contributed by atoms with Gasteiger partial charge in [-0.15, -0.1) is 0 Å². The molecule has 0 aliphatic carbocycles. The molecule has 0 N–H and O–H groups in total. The molecular formula is C14H14FNO4S. The lowest BCUT2D eigenvalue weighted by Crippen LogP contribution is -2.24. The number of fused-ring (bicyclic) bond motifs is 1. The smallest absolute Gasteiger partial charge is 0.251 e. The summed E-state index contributed by atoms with van der Waals surface area (Å²) in [5.41, 5.74) is -0.0455. The molecule has 0 atom stereocenters. The van der Waals surface area contributed by atoms with Crippen molar-refractivity contribution in [3.05, 3.63) is 46.0 Å². The molecule has 0 unspecified atom stereocenters. The second kappa shape index (κ2) is 5.77. The number of pyridine rings is 1. The zero-order valence-electron chi connectivity index (χ0n) is 11.4. The minimum atomic E-state index is -3.27. The number of halogens is 1. The largest absolute Gasteiger partial charge is 0.307 e. The second-order valence-electron chi connectivity index (χ2n) is 4.79. The quantitative estimate of drug-likeness (QED) is 0.770. The molecule has 21 heavy (non-hydrogen) atoms. The van der Waals surface area contributed by atoms with Crippen LogP contribution in [0.2, 0.25) is 0 Å². The van der Waals surface area contributed by atoms with Gasteiger partial charge in [-0.25, -0.2) is 12.8 Å². The highest BCUT2D eigenvalue weighted by Crippen LogP contribution is 2.21. The van der Waals surface area contributed by atoms with E-state index in [9.17, 15) is 22.4 Å². The van der Waals surface area contributed by atoms with E-state index in [0.29, 0.717) is 11.7 Å². The van der Waals surface area contributed by atoms with Gasteiger partial charge in [-0.05, 0) is 23.6 Å². The molecular weight excluding hydrogens is 297 g/mol. The number of carbonyl (C=O) groups excluding carboxylic acids is 1. The fourth-order valence-corrected chi connectivity index (χ4v) is 2.72. The first-order valence-corrected chi connectivity index (χ1v) is 8.32. The third kappa shape index (κ3) is 3.36. The van der Waals surface area contributed by atoms with Gasteiger partial charge in [0.05, 0.1) is 11.3 Å². The molecule has 0 saturated carbocycles. The highest BCUT2D eigenvalue weighted by atomic mass is 32.2. The predicted molar refractivity (Wildman–Crippen MR) is 77.6 cm³/mol. The van der Waals surface area contributed by atoms with Crippen molar-refractivity contribution >= 4 is 27.0 Å². The Balaban J connectivity index is 2.72. The first-order chi connectivity index (χ1) is 9.83. The minimum Gasteiger partial charge on any atom is -0.307 e. The van der Waals surface area contributed by atoms with Crippen LogP contribution < -0.4 is 5.56 Å². The predicted octanol–water partition coefficient (Wildman–Crippen LogP) is 0.927. The Hall–Kier alpha value is -2.02. The zero-order valence-corrected chi connectivity index (χ0v) is 12.2. The van der Waals surface area contributed by atoms with Crippen molar-refractivity contribution in [3.8, 4) is 0 Å². The molecule has 112 valence electrons. The van der Waals surface area contributed by atoms with Crippen molar-refractivity contribution in [2.24, 2.45) is 0 Å². The fraction of sp³-hybridized carbons (Fsp3) is 0.286. The van der Waals surface area contributed by atoms with E-state index in [4.69, 9.17) is 0 Å². The van der Waals surface area contributed by atoms with Gasteiger partial charge in [-0.2, -0.15) is 0 Å². The number of aldehydes is 1. The molecule has 5 nitrogen and oxygen atoms in total. The summed E-state index contributed by atoms with van der Waals surface area (Å²) < 4.78 is 37.7. The number of rotatable bonds is 5. The van der Waals surface area contributed by atoms with Crippen LogP contribution in [0, 0.1) is 5.82 Å². The van der Waals surface area contributed by atoms with Crippen molar-refractivity contribution in [2.75, 3.05) is 12.0 Å². The topological polar surface area (TPSA) is 73.2 Å². The molecule has 0 fully saturated rings. The highest BCUT2D eigenvalue weighted by molar-refractivity contribution is 7.90. The van der Waals surface area contributed by atoms with Crippen LogP contribution in [0.3, 0.4) is 0 Å². The van der Waals surface area contributed by atoms with E-state index in [1.807, 2.05) is 0 Å². The first kappa shape index (κ1) is 15.4. The number of aryl methyl sites for hydroxylation is 1. The summed E-state index contributed by atoms with van der Waals surface area (Å²) in [6.45, 7) is -0.0791. The van der Waals surface area contributed by atoms with Crippen LogP contribution in [0.15, 0.2) is 29.1 Å². The van der Waals surface area contributed by atoms with Gasteiger partial charge in [0, 0.05) is 30.9 Å². The lowest BCUT2D eigenvalue weighted by molar-refractivity contribution is -0.107. The Morgan fingerprint density at radius 2 is 1.90 bits per heavy atom. The molecule has 1 heterocycles. The average Bonchev–Trinajstić information content (AvgIpc) is 2.40. The van der Waals surface area contributed by atoms with Crippen LogP contribution in [0.25, 0.3) is 10.9 Å². The van der Waals surface area contributed by atoms with Gasteiger partial charge < -0.3 is 9.36 Å². The number of carbonyl (C=O) groups is 1. The summed E-state index contributed by atoms with van der Waals surface area (Å²) in [7, 11) is -3.27. The van der Waals surface area contributed by atoms with Gasteiger partial charge in [0.1, 0.15) is 21.9 Å². The van der Waals surface area contributed by atoms with Gasteiger partial charge in [-0.3, -0.25) is 4.79 Å². The molecule has 1 aromatic heterocycles. The molecule has 1 aromatic carbocycles. The Morgan fingerprint density at radius 3 is 2.52 bits per heavy atom. The normalized spacial score (nSPS) is 11.7. The van der Waals surface area contributed by atoms with Gasteiger partial charge >= 0.3 is 0 Å². The van der Waals surface area contributed by atoms with Gasteiger partial charge in [0.25, 0.3) is 5.56 Å². The summed E-state index contributed by atoms with van der Waals surface area (Å²) in [5.74, 6) is -0.823. The van der Waals surface area contributed by atoms with Crippen molar-refractivity contribution in [3.63, 3.8) is 0 Å². The molecule has 7 heteroatoms. The van der Waals surface area contributed by atoms with Crippen LogP contribution in [0.4, 0.5) is 4.39 Å². The standard InChI is InChI=1S/C14H14FNO4S/c1-21(19,20)9-7-16-13(18)5-3-10-2-4-12(15)11(6-8-17)14(10)16/h2-5,8H,6-7,9H2,1H3. The summed E-state index contributed by atoms with van der Waals surface area (Å²) in [4.78, 5) is 22.7. The molecule has 0 radical (unpaired) electrons. The van der Waals surface area contributed by atoms with Crippen LogP contribution in [-0.2, 0) is 27.6 Å². The fourth-order valence-electron chi connectivity index (χ4n) is 2.20. The lowest BCUT2D eigenvalue weighted by atomic mass is 10.1. The number of benzene rings is 1. The number of hydrogen-bond donors (Lipinski definition) is 0. The van der Waals surface area contributed by atoms with Crippen molar-refractivity contribution in [2.45, 2.75) is 13.0 Å². The van der Waals surface area contributed by atoms with E-state index in [-0.39, 0.29) is 29.8 Å². The number of sulfone groups is 1. The first-order valence-electron chi connectivity index (χ1n) is 6.26. The van der Waals surface area contributed by atoms with Gasteiger partial charge in [0.2, 0.25) is 0 Å². The molecule has 0 bridgehead atoms. The van der Waals surface area contributed by atoms with Crippen LogP contribution in [0.5, 0.6) is 0 Å².